The summed E-state index contributed by atoms with van der Waals surface area (Å²) in [6.45, 7) is 0.208. The molecule has 2 heterocycles. The first-order chi connectivity index (χ1) is 11.1. The molecule has 0 saturated heterocycles. The number of rotatable bonds is 4. The summed E-state index contributed by atoms with van der Waals surface area (Å²) in [4.78, 5) is 20.5. The molecule has 116 valence electrons. The minimum absolute atomic E-state index is 0.0825. The fourth-order valence-electron chi connectivity index (χ4n) is 2.01. The molecule has 2 aromatic heterocycles. The molecule has 3 rings (SSSR count). The van der Waals surface area contributed by atoms with Gasteiger partial charge < -0.3 is 5.32 Å². The second kappa shape index (κ2) is 6.85. The SMILES string of the molecule is O=C(NCc1nc(-c2ccncc2)cs1)c1c(F)cccc1Cl. The first-order valence-corrected chi connectivity index (χ1v) is 7.98. The van der Waals surface area contributed by atoms with Crippen molar-refractivity contribution in [3.05, 3.63) is 69.5 Å². The van der Waals surface area contributed by atoms with Gasteiger partial charge in [0.1, 0.15) is 10.8 Å². The maximum atomic E-state index is 13.7. The van der Waals surface area contributed by atoms with Gasteiger partial charge >= 0.3 is 0 Å². The number of carbonyl (C=O) groups is 1. The highest BCUT2D eigenvalue weighted by molar-refractivity contribution is 7.09. The molecule has 23 heavy (non-hydrogen) atoms. The van der Waals surface area contributed by atoms with Crippen molar-refractivity contribution in [2.24, 2.45) is 0 Å². The van der Waals surface area contributed by atoms with Crippen LogP contribution in [-0.2, 0) is 6.54 Å². The van der Waals surface area contributed by atoms with E-state index < -0.39 is 11.7 Å². The lowest BCUT2D eigenvalue weighted by Gasteiger charge is -2.06. The Morgan fingerprint density at radius 1 is 1.26 bits per heavy atom. The van der Waals surface area contributed by atoms with Gasteiger partial charge in [-0.1, -0.05) is 17.7 Å². The molecule has 4 nitrogen and oxygen atoms in total. The van der Waals surface area contributed by atoms with E-state index in [9.17, 15) is 9.18 Å². The van der Waals surface area contributed by atoms with Gasteiger partial charge in [0.15, 0.2) is 0 Å². The molecule has 0 saturated carbocycles. The van der Waals surface area contributed by atoms with Crippen molar-refractivity contribution in [1.82, 2.24) is 15.3 Å². The van der Waals surface area contributed by atoms with Gasteiger partial charge in [0, 0.05) is 23.3 Å². The number of halogens is 2. The smallest absolute Gasteiger partial charge is 0.256 e. The van der Waals surface area contributed by atoms with Crippen LogP contribution < -0.4 is 5.32 Å². The second-order valence-electron chi connectivity index (χ2n) is 4.64. The van der Waals surface area contributed by atoms with Crippen molar-refractivity contribution in [3.63, 3.8) is 0 Å². The van der Waals surface area contributed by atoms with Gasteiger partial charge in [-0.2, -0.15) is 0 Å². The molecule has 7 heteroatoms. The predicted molar refractivity (Wildman–Crippen MR) is 87.9 cm³/mol. The number of benzene rings is 1. The standard InChI is InChI=1S/C16H11ClFN3OS/c17-11-2-1-3-12(18)15(11)16(22)20-8-14-21-13(9-23-14)10-4-6-19-7-5-10/h1-7,9H,8H2,(H,20,22). The molecule has 0 unspecified atom stereocenters. The number of aromatic nitrogens is 2. The topological polar surface area (TPSA) is 54.9 Å². The number of carbonyl (C=O) groups excluding carboxylic acids is 1. The first kappa shape index (κ1) is 15.6. The third kappa shape index (κ3) is 3.55. The van der Waals surface area contributed by atoms with E-state index in [1.54, 1.807) is 12.4 Å². The monoisotopic (exact) mass is 347 g/mol. The van der Waals surface area contributed by atoms with Gasteiger partial charge in [-0.25, -0.2) is 9.37 Å². The number of amides is 1. The highest BCUT2D eigenvalue weighted by Crippen LogP contribution is 2.22. The summed E-state index contributed by atoms with van der Waals surface area (Å²) in [7, 11) is 0. The zero-order valence-corrected chi connectivity index (χ0v) is 13.4. The number of nitrogens with one attached hydrogen (secondary N) is 1. The lowest BCUT2D eigenvalue weighted by atomic mass is 10.2. The molecule has 1 aromatic carbocycles. The highest BCUT2D eigenvalue weighted by Gasteiger charge is 2.16. The van der Waals surface area contributed by atoms with Crippen molar-refractivity contribution in [3.8, 4) is 11.3 Å². The van der Waals surface area contributed by atoms with Crippen LogP contribution in [-0.4, -0.2) is 15.9 Å². The van der Waals surface area contributed by atoms with Crippen LogP contribution in [0.15, 0.2) is 48.1 Å². The molecular weight excluding hydrogens is 337 g/mol. The number of hydrogen-bond donors (Lipinski definition) is 1. The van der Waals surface area contributed by atoms with Gasteiger partial charge in [-0.3, -0.25) is 9.78 Å². The predicted octanol–water partition coefficient (Wildman–Crippen LogP) is 3.93. The normalized spacial score (nSPS) is 10.5. The Bertz CT molecular complexity index is 818. The van der Waals surface area contributed by atoms with Crippen LogP contribution in [0.25, 0.3) is 11.3 Å². The van der Waals surface area contributed by atoms with E-state index in [2.05, 4.69) is 15.3 Å². The Hall–Kier alpha value is -2.31. The van der Waals surface area contributed by atoms with E-state index >= 15 is 0 Å². The molecule has 0 aliphatic heterocycles. The lowest BCUT2D eigenvalue weighted by molar-refractivity contribution is 0.0947. The molecule has 0 spiro atoms. The van der Waals surface area contributed by atoms with Gasteiger partial charge in [0.25, 0.3) is 5.91 Å². The summed E-state index contributed by atoms with van der Waals surface area (Å²) in [5.74, 6) is -1.21. The largest absolute Gasteiger partial charge is 0.345 e. The Kier molecular flexibility index (Phi) is 4.64. The zero-order chi connectivity index (χ0) is 16.2. The van der Waals surface area contributed by atoms with Crippen molar-refractivity contribution < 1.29 is 9.18 Å². The van der Waals surface area contributed by atoms with Crippen LogP contribution >= 0.6 is 22.9 Å². The van der Waals surface area contributed by atoms with Gasteiger partial charge in [0.05, 0.1) is 22.8 Å². The molecule has 0 fully saturated rings. The van der Waals surface area contributed by atoms with Crippen LogP contribution in [0.3, 0.4) is 0 Å². The van der Waals surface area contributed by atoms with Crippen molar-refractivity contribution >= 4 is 28.8 Å². The van der Waals surface area contributed by atoms with Crippen LogP contribution in [0.4, 0.5) is 4.39 Å². The lowest BCUT2D eigenvalue weighted by Crippen LogP contribution is -2.24. The maximum absolute atomic E-state index is 13.7. The van der Waals surface area contributed by atoms with Crippen LogP contribution in [0.1, 0.15) is 15.4 Å². The molecule has 0 bridgehead atoms. The van der Waals surface area contributed by atoms with E-state index in [4.69, 9.17) is 11.6 Å². The summed E-state index contributed by atoms with van der Waals surface area (Å²) >= 11 is 7.29. The fourth-order valence-corrected chi connectivity index (χ4v) is 3.00. The summed E-state index contributed by atoms with van der Waals surface area (Å²) in [5, 5.41) is 5.33. The van der Waals surface area contributed by atoms with Crippen LogP contribution in [0.2, 0.25) is 5.02 Å². The Morgan fingerprint density at radius 2 is 2.04 bits per heavy atom. The molecule has 3 aromatic rings. The molecule has 0 aliphatic rings. The van der Waals surface area contributed by atoms with Crippen LogP contribution in [0, 0.1) is 5.82 Å². The van der Waals surface area contributed by atoms with E-state index in [1.165, 1.54) is 29.5 Å². The highest BCUT2D eigenvalue weighted by atomic mass is 35.5. The van der Waals surface area contributed by atoms with Crippen molar-refractivity contribution in [2.45, 2.75) is 6.54 Å². The molecule has 1 amide bonds. The molecule has 0 radical (unpaired) electrons. The third-order valence-corrected chi connectivity index (χ3v) is 4.28. The van der Waals surface area contributed by atoms with Gasteiger partial charge in [0.2, 0.25) is 0 Å². The summed E-state index contributed by atoms with van der Waals surface area (Å²) in [6, 6.07) is 7.85. The number of nitrogens with zero attached hydrogens (tertiary/aromatic N) is 2. The summed E-state index contributed by atoms with van der Waals surface area (Å²) < 4.78 is 13.7. The molecule has 0 atom stereocenters. The van der Waals surface area contributed by atoms with Crippen molar-refractivity contribution in [1.29, 1.82) is 0 Å². The maximum Gasteiger partial charge on any atom is 0.256 e. The minimum Gasteiger partial charge on any atom is -0.345 e. The Labute approximate surface area is 141 Å². The van der Waals surface area contributed by atoms with E-state index in [0.29, 0.717) is 0 Å². The number of pyridine rings is 1. The van der Waals surface area contributed by atoms with E-state index in [-0.39, 0.29) is 17.1 Å². The van der Waals surface area contributed by atoms with E-state index in [1.807, 2.05) is 17.5 Å². The second-order valence-corrected chi connectivity index (χ2v) is 5.99. The molecule has 1 N–H and O–H groups in total. The van der Waals surface area contributed by atoms with E-state index in [0.717, 1.165) is 16.3 Å². The molecular formula is C16H11ClFN3OS. The van der Waals surface area contributed by atoms with Crippen LogP contribution in [0.5, 0.6) is 0 Å². The summed E-state index contributed by atoms with van der Waals surface area (Å²) in [5.41, 5.74) is 1.61. The molecule has 0 aliphatic carbocycles. The Balaban J connectivity index is 1.70. The average molecular weight is 348 g/mol. The summed E-state index contributed by atoms with van der Waals surface area (Å²) in [6.07, 6.45) is 3.38. The fraction of sp³-hybridized carbons (Fsp3) is 0.0625. The van der Waals surface area contributed by atoms with Gasteiger partial charge in [-0.15, -0.1) is 11.3 Å². The first-order valence-electron chi connectivity index (χ1n) is 6.72. The Morgan fingerprint density at radius 3 is 2.78 bits per heavy atom. The van der Waals surface area contributed by atoms with Gasteiger partial charge in [-0.05, 0) is 24.3 Å². The third-order valence-electron chi connectivity index (χ3n) is 3.12. The zero-order valence-electron chi connectivity index (χ0n) is 11.8. The minimum atomic E-state index is -0.647. The van der Waals surface area contributed by atoms with Crippen molar-refractivity contribution in [2.75, 3.05) is 0 Å². The number of thiazole rings is 1. The number of hydrogen-bond acceptors (Lipinski definition) is 4. The quantitative estimate of drug-likeness (QED) is 0.778. The average Bonchev–Trinajstić information content (AvgIpc) is 3.02.